The number of aromatic hydroxyl groups is 1. The molecular formula is C15H10BrNO2. The lowest BCUT2D eigenvalue weighted by atomic mass is 10.0. The highest BCUT2D eigenvalue weighted by atomic mass is 79.9. The van der Waals surface area contributed by atoms with Crippen LogP contribution in [0.15, 0.2) is 59.2 Å². The topological polar surface area (TPSA) is 47.2 Å². The Balaban J connectivity index is 2.38. The monoisotopic (exact) mass is 315 g/mol. The minimum absolute atomic E-state index is 0.143. The van der Waals surface area contributed by atoms with Gasteiger partial charge in [-0.15, -0.1) is 0 Å². The molecule has 3 aromatic rings. The van der Waals surface area contributed by atoms with Gasteiger partial charge in [0.25, 0.3) is 0 Å². The van der Waals surface area contributed by atoms with Gasteiger partial charge < -0.3 is 10.3 Å². The van der Waals surface area contributed by atoms with Crippen LogP contribution in [0.1, 0.15) is 0 Å². The van der Waals surface area contributed by atoms with Gasteiger partial charge in [-0.2, -0.15) is 4.73 Å². The molecule has 0 saturated heterocycles. The summed E-state index contributed by atoms with van der Waals surface area (Å²) in [5.41, 5.74) is 1.23. The van der Waals surface area contributed by atoms with E-state index in [4.69, 9.17) is 0 Å². The van der Waals surface area contributed by atoms with Gasteiger partial charge >= 0.3 is 0 Å². The number of nitrogens with zero attached hydrogens (tertiary/aromatic N) is 1. The van der Waals surface area contributed by atoms with E-state index in [1.165, 1.54) is 6.20 Å². The Morgan fingerprint density at radius 2 is 1.89 bits per heavy atom. The number of phenols is 1. The molecule has 0 fully saturated rings. The van der Waals surface area contributed by atoms with Crippen LogP contribution in [0.4, 0.5) is 0 Å². The molecule has 0 aliphatic carbocycles. The second-order valence-corrected chi connectivity index (χ2v) is 5.19. The fourth-order valence-electron chi connectivity index (χ4n) is 2.16. The number of rotatable bonds is 1. The lowest BCUT2D eigenvalue weighted by Crippen LogP contribution is -2.28. The predicted molar refractivity (Wildman–Crippen MR) is 77.7 cm³/mol. The molecule has 1 N–H and O–H groups in total. The van der Waals surface area contributed by atoms with E-state index >= 15 is 0 Å². The summed E-state index contributed by atoms with van der Waals surface area (Å²) in [5, 5.41) is 23.5. The van der Waals surface area contributed by atoms with Gasteiger partial charge in [0.1, 0.15) is 5.75 Å². The highest BCUT2D eigenvalue weighted by Gasteiger charge is 2.14. The summed E-state index contributed by atoms with van der Waals surface area (Å²) >= 11 is 3.42. The molecule has 0 aliphatic heterocycles. The zero-order valence-corrected chi connectivity index (χ0v) is 11.5. The third-order valence-electron chi connectivity index (χ3n) is 3.00. The van der Waals surface area contributed by atoms with Crippen LogP contribution in [0.5, 0.6) is 5.75 Å². The predicted octanol–water partition coefficient (Wildman–Crippen LogP) is 3.61. The van der Waals surface area contributed by atoms with Crippen LogP contribution in [0.3, 0.4) is 0 Å². The van der Waals surface area contributed by atoms with E-state index in [1.54, 1.807) is 24.3 Å². The van der Waals surface area contributed by atoms with Crippen molar-refractivity contribution >= 4 is 26.7 Å². The van der Waals surface area contributed by atoms with Crippen molar-refractivity contribution in [3.63, 3.8) is 0 Å². The van der Waals surface area contributed by atoms with Gasteiger partial charge in [-0.3, -0.25) is 0 Å². The molecule has 0 radical (unpaired) electrons. The largest absolute Gasteiger partial charge is 0.618 e. The zero-order valence-electron chi connectivity index (χ0n) is 9.88. The van der Waals surface area contributed by atoms with Crippen molar-refractivity contribution < 1.29 is 9.84 Å². The SMILES string of the molecule is [O-][n+]1ccc2ccc(Br)cc2c1-c1cccc(O)c1. The summed E-state index contributed by atoms with van der Waals surface area (Å²) in [6.07, 6.45) is 1.48. The normalized spacial score (nSPS) is 10.8. The third-order valence-corrected chi connectivity index (χ3v) is 3.49. The number of benzene rings is 2. The second-order valence-electron chi connectivity index (χ2n) is 4.27. The first-order valence-corrected chi connectivity index (χ1v) is 6.55. The number of halogens is 1. The minimum atomic E-state index is 0.143. The highest BCUT2D eigenvalue weighted by Crippen LogP contribution is 2.29. The van der Waals surface area contributed by atoms with E-state index in [9.17, 15) is 10.3 Å². The molecule has 1 aromatic heterocycles. The van der Waals surface area contributed by atoms with E-state index in [0.29, 0.717) is 11.3 Å². The molecule has 3 nitrogen and oxygen atoms in total. The maximum absolute atomic E-state index is 12.1. The molecule has 0 spiro atoms. The molecule has 1 heterocycles. The van der Waals surface area contributed by atoms with E-state index in [-0.39, 0.29) is 5.75 Å². The van der Waals surface area contributed by atoms with Gasteiger partial charge in [-0.05, 0) is 35.7 Å². The number of hydrogen-bond acceptors (Lipinski definition) is 2. The van der Waals surface area contributed by atoms with Gasteiger partial charge in [0.2, 0.25) is 5.69 Å². The van der Waals surface area contributed by atoms with Crippen molar-refractivity contribution in [2.45, 2.75) is 0 Å². The van der Waals surface area contributed by atoms with E-state index < -0.39 is 0 Å². The number of fused-ring (bicyclic) bond motifs is 1. The zero-order chi connectivity index (χ0) is 13.4. The second kappa shape index (κ2) is 4.55. The summed E-state index contributed by atoms with van der Waals surface area (Å²) in [6, 6.07) is 14.3. The van der Waals surface area contributed by atoms with Crippen molar-refractivity contribution in [2.75, 3.05) is 0 Å². The number of aromatic nitrogens is 1. The Labute approximate surface area is 118 Å². The van der Waals surface area contributed by atoms with Crippen LogP contribution >= 0.6 is 15.9 Å². The van der Waals surface area contributed by atoms with E-state index in [2.05, 4.69) is 15.9 Å². The maximum Gasteiger partial charge on any atom is 0.231 e. The van der Waals surface area contributed by atoms with Crippen molar-refractivity contribution in [3.8, 4) is 17.0 Å². The highest BCUT2D eigenvalue weighted by molar-refractivity contribution is 9.10. The summed E-state index contributed by atoms with van der Waals surface area (Å²) in [5.74, 6) is 0.143. The lowest BCUT2D eigenvalue weighted by molar-refractivity contribution is -0.592. The Bertz CT molecular complexity index is 766. The smallest absolute Gasteiger partial charge is 0.231 e. The Kier molecular flexibility index (Phi) is 2.87. The quantitative estimate of drug-likeness (QED) is 0.551. The van der Waals surface area contributed by atoms with Crippen LogP contribution < -0.4 is 4.73 Å². The first-order chi connectivity index (χ1) is 9.15. The lowest BCUT2D eigenvalue weighted by Gasteiger charge is -2.08. The molecular weight excluding hydrogens is 306 g/mol. The number of pyridine rings is 1. The molecule has 0 unspecified atom stereocenters. The number of phenolic OH excluding ortho intramolecular Hbond substituents is 1. The van der Waals surface area contributed by atoms with Crippen molar-refractivity contribution in [1.29, 1.82) is 0 Å². The molecule has 0 saturated carbocycles. The maximum atomic E-state index is 12.1. The summed E-state index contributed by atoms with van der Waals surface area (Å²) in [7, 11) is 0. The molecule has 0 aliphatic rings. The van der Waals surface area contributed by atoms with Crippen LogP contribution in [-0.4, -0.2) is 5.11 Å². The van der Waals surface area contributed by atoms with Crippen molar-refractivity contribution in [1.82, 2.24) is 0 Å². The van der Waals surface area contributed by atoms with Gasteiger partial charge in [-0.25, -0.2) is 0 Å². The number of hydrogen-bond donors (Lipinski definition) is 1. The Morgan fingerprint density at radius 1 is 1.05 bits per heavy atom. The first-order valence-electron chi connectivity index (χ1n) is 5.76. The van der Waals surface area contributed by atoms with Gasteiger partial charge in [0.15, 0.2) is 6.20 Å². The molecule has 0 bridgehead atoms. The average Bonchev–Trinajstić information content (AvgIpc) is 2.38. The molecule has 19 heavy (non-hydrogen) atoms. The third kappa shape index (κ3) is 2.15. The molecule has 94 valence electrons. The first kappa shape index (κ1) is 12.0. The van der Waals surface area contributed by atoms with Gasteiger partial charge in [-0.1, -0.05) is 28.1 Å². The minimum Gasteiger partial charge on any atom is -0.618 e. The van der Waals surface area contributed by atoms with Gasteiger partial charge in [0.05, 0.1) is 10.9 Å². The standard InChI is InChI=1S/C15H10BrNO2/c16-12-5-4-10-6-7-17(19)15(14(10)9-12)11-2-1-3-13(18)8-11/h1-9,18H. The molecule has 3 rings (SSSR count). The van der Waals surface area contributed by atoms with E-state index in [1.807, 2.05) is 24.3 Å². The summed E-state index contributed by atoms with van der Waals surface area (Å²) in [6.45, 7) is 0. The molecule has 0 atom stereocenters. The summed E-state index contributed by atoms with van der Waals surface area (Å²) < 4.78 is 1.73. The Morgan fingerprint density at radius 3 is 2.68 bits per heavy atom. The Hall–Kier alpha value is -2.07. The van der Waals surface area contributed by atoms with Crippen LogP contribution in [0, 0.1) is 5.21 Å². The van der Waals surface area contributed by atoms with Crippen molar-refractivity contribution in [2.24, 2.45) is 0 Å². The van der Waals surface area contributed by atoms with Crippen LogP contribution in [-0.2, 0) is 0 Å². The fraction of sp³-hybridized carbons (Fsp3) is 0. The van der Waals surface area contributed by atoms with Gasteiger partial charge in [0, 0.05) is 10.5 Å². The van der Waals surface area contributed by atoms with Crippen LogP contribution in [0.25, 0.3) is 22.0 Å². The van der Waals surface area contributed by atoms with Crippen LogP contribution in [0.2, 0.25) is 0 Å². The summed E-state index contributed by atoms with van der Waals surface area (Å²) in [4.78, 5) is 0. The average molecular weight is 316 g/mol. The molecule has 2 aromatic carbocycles. The molecule has 4 heteroatoms. The molecule has 0 amide bonds. The fourth-order valence-corrected chi connectivity index (χ4v) is 2.52. The van der Waals surface area contributed by atoms with Crippen molar-refractivity contribution in [3.05, 3.63) is 64.4 Å². The van der Waals surface area contributed by atoms with E-state index in [0.717, 1.165) is 20.0 Å².